The minimum Gasteiger partial charge on any atom is -0.396 e. The van der Waals surface area contributed by atoms with Gasteiger partial charge in [-0.2, -0.15) is 0 Å². The van der Waals surface area contributed by atoms with Gasteiger partial charge in [-0.3, -0.25) is 0 Å². The molecule has 0 spiro atoms. The molecule has 0 saturated heterocycles. The number of sulfonamides is 1. The second-order valence-electron chi connectivity index (χ2n) is 5.45. The van der Waals surface area contributed by atoms with Gasteiger partial charge in [0.15, 0.2) is 0 Å². The van der Waals surface area contributed by atoms with Gasteiger partial charge in [0.25, 0.3) is 0 Å². The maximum absolute atomic E-state index is 12.4. The van der Waals surface area contributed by atoms with Crippen molar-refractivity contribution >= 4 is 37.6 Å². The smallest absolute Gasteiger partial charge is 0.242 e. The molecule has 7 heteroatoms. The molecule has 20 heavy (non-hydrogen) atoms. The SMILES string of the molecule is C[C@@]1(CO)CCC[C@@H]1NS(=O)(=O)c1ccc(Br)cc1Cl. The van der Waals surface area contributed by atoms with Crippen molar-refractivity contribution in [2.45, 2.75) is 37.1 Å². The van der Waals surface area contributed by atoms with Crippen molar-refractivity contribution in [3.8, 4) is 0 Å². The summed E-state index contributed by atoms with van der Waals surface area (Å²) in [5, 5.41) is 9.66. The zero-order chi connectivity index (χ0) is 15.0. The fraction of sp³-hybridized carbons (Fsp3) is 0.538. The fourth-order valence-corrected chi connectivity index (χ4v) is 5.01. The third-order valence-corrected chi connectivity index (χ3v) is 6.37. The molecule has 1 saturated carbocycles. The van der Waals surface area contributed by atoms with Crippen LogP contribution in [-0.2, 0) is 10.0 Å². The predicted molar refractivity (Wildman–Crippen MR) is 82.3 cm³/mol. The van der Waals surface area contributed by atoms with E-state index in [4.69, 9.17) is 11.6 Å². The van der Waals surface area contributed by atoms with Gasteiger partial charge in [0.2, 0.25) is 10.0 Å². The van der Waals surface area contributed by atoms with Gasteiger partial charge in [-0.15, -0.1) is 0 Å². The Balaban J connectivity index is 2.28. The van der Waals surface area contributed by atoms with E-state index in [-0.39, 0.29) is 22.6 Å². The lowest BCUT2D eigenvalue weighted by Gasteiger charge is -2.29. The van der Waals surface area contributed by atoms with Crippen molar-refractivity contribution in [2.24, 2.45) is 5.41 Å². The molecule has 112 valence electrons. The molecule has 1 aromatic carbocycles. The Morgan fingerprint density at radius 1 is 1.55 bits per heavy atom. The maximum atomic E-state index is 12.4. The average Bonchev–Trinajstić information content (AvgIpc) is 2.70. The Morgan fingerprint density at radius 3 is 2.85 bits per heavy atom. The van der Waals surface area contributed by atoms with Gasteiger partial charge in [0, 0.05) is 22.5 Å². The summed E-state index contributed by atoms with van der Waals surface area (Å²) < 4.78 is 28.3. The minimum absolute atomic E-state index is 0.0335. The first-order chi connectivity index (χ1) is 9.28. The molecule has 0 aliphatic heterocycles. The highest BCUT2D eigenvalue weighted by atomic mass is 79.9. The Labute approximate surface area is 132 Å². The molecule has 0 amide bonds. The van der Waals surface area contributed by atoms with Crippen LogP contribution in [0.25, 0.3) is 0 Å². The van der Waals surface area contributed by atoms with E-state index >= 15 is 0 Å². The van der Waals surface area contributed by atoms with Crippen molar-refractivity contribution in [1.29, 1.82) is 0 Å². The van der Waals surface area contributed by atoms with Crippen molar-refractivity contribution in [2.75, 3.05) is 6.61 Å². The number of rotatable bonds is 4. The molecule has 1 aliphatic rings. The molecule has 0 heterocycles. The third-order valence-electron chi connectivity index (χ3n) is 3.92. The highest BCUT2D eigenvalue weighted by Crippen LogP contribution is 2.38. The minimum atomic E-state index is -3.69. The Morgan fingerprint density at radius 2 is 2.25 bits per heavy atom. The third kappa shape index (κ3) is 3.20. The number of aliphatic hydroxyl groups excluding tert-OH is 1. The second kappa shape index (κ2) is 5.93. The van der Waals surface area contributed by atoms with E-state index in [9.17, 15) is 13.5 Å². The molecule has 1 fully saturated rings. The molecule has 2 N–H and O–H groups in total. The van der Waals surface area contributed by atoms with Crippen LogP contribution < -0.4 is 4.72 Å². The quantitative estimate of drug-likeness (QED) is 0.841. The average molecular weight is 383 g/mol. The van der Waals surface area contributed by atoms with E-state index < -0.39 is 15.4 Å². The number of benzene rings is 1. The van der Waals surface area contributed by atoms with Gasteiger partial charge in [-0.1, -0.05) is 40.9 Å². The lowest BCUT2D eigenvalue weighted by molar-refractivity contribution is 0.127. The second-order valence-corrected chi connectivity index (χ2v) is 8.46. The number of hydrogen-bond acceptors (Lipinski definition) is 3. The first-order valence-corrected chi connectivity index (χ1v) is 9.02. The van der Waals surface area contributed by atoms with Gasteiger partial charge in [0.05, 0.1) is 5.02 Å². The van der Waals surface area contributed by atoms with E-state index in [1.54, 1.807) is 12.1 Å². The molecule has 0 bridgehead atoms. The van der Waals surface area contributed by atoms with Crippen LogP contribution in [0.2, 0.25) is 5.02 Å². The molecule has 2 atom stereocenters. The van der Waals surface area contributed by atoms with Crippen LogP contribution in [0.15, 0.2) is 27.6 Å². The Bertz CT molecular complexity index is 608. The summed E-state index contributed by atoms with van der Waals surface area (Å²) >= 11 is 9.25. The van der Waals surface area contributed by atoms with Crippen molar-refractivity contribution in [3.05, 3.63) is 27.7 Å². The van der Waals surface area contributed by atoms with E-state index in [1.165, 1.54) is 6.07 Å². The van der Waals surface area contributed by atoms with E-state index in [0.29, 0.717) is 0 Å². The zero-order valence-corrected chi connectivity index (χ0v) is 14.2. The molecule has 0 radical (unpaired) electrons. The highest BCUT2D eigenvalue weighted by molar-refractivity contribution is 9.10. The molecule has 1 aromatic rings. The molecule has 0 aromatic heterocycles. The van der Waals surface area contributed by atoms with Crippen LogP contribution in [-0.4, -0.2) is 26.2 Å². The summed E-state index contributed by atoms with van der Waals surface area (Å²) in [6, 6.07) is 4.40. The predicted octanol–water partition coefficient (Wildman–Crippen LogP) is 2.93. The highest BCUT2D eigenvalue weighted by Gasteiger charge is 2.40. The van der Waals surface area contributed by atoms with Crippen molar-refractivity contribution < 1.29 is 13.5 Å². The van der Waals surface area contributed by atoms with Crippen LogP contribution >= 0.6 is 27.5 Å². The maximum Gasteiger partial charge on any atom is 0.242 e. The van der Waals surface area contributed by atoms with E-state index in [0.717, 1.165) is 23.7 Å². The fourth-order valence-electron chi connectivity index (χ4n) is 2.57. The summed E-state index contributed by atoms with van der Waals surface area (Å²) in [6.07, 6.45) is 2.44. The molecule has 0 unspecified atom stereocenters. The number of halogens is 2. The van der Waals surface area contributed by atoms with Gasteiger partial charge >= 0.3 is 0 Å². The summed E-state index contributed by atoms with van der Waals surface area (Å²) in [6.45, 7) is 1.87. The van der Waals surface area contributed by atoms with Crippen LogP contribution in [0.4, 0.5) is 0 Å². The van der Waals surface area contributed by atoms with Gasteiger partial charge in [-0.25, -0.2) is 13.1 Å². The lowest BCUT2D eigenvalue weighted by atomic mass is 9.86. The first kappa shape index (κ1) is 16.2. The van der Waals surface area contributed by atoms with Gasteiger partial charge < -0.3 is 5.11 Å². The molecule has 2 rings (SSSR count). The summed E-state index contributed by atoms with van der Waals surface area (Å²) in [5.74, 6) is 0. The summed E-state index contributed by atoms with van der Waals surface area (Å²) in [7, 11) is -3.69. The number of hydrogen-bond donors (Lipinski definition) is 2. The van der Waals surface area contributed by atoms with Crippen LogP contribution in [0.3, 0.4) is 0 Å². The summed E-state index contributed by atoms with van der Waals surface area (Å²) in [4.78, 5) is 0.0644. The molecular weight excluding hydrogens is 366 g/mol. The number of nitrogens with one attached hydrogen (secondary N) is 1. The standard InChI is InChI=1S/C13H17BrClNO3S/c1-13(8-17)6-2-3-12(13)16-20(18,19)11-5-4-9(14)7-10(11)15/h4-5,7,12,16-17H,2-3,6,8H2,1H3/t12-,13-/m0/s1. The molecule has 4 nitrogen and oxygen atoms in total. The van der Waals surface area contributed by atoms with Gasteiger partial charge in [-0.05, 0) is 31.0 Å². The molecular formula is C13H17BrClNO3S. The summed E-state index contributed by atoms with van der Waals surface area (Å²) in [5.41, 5.74) is -0.408. The first-order valence-electron chi connectivity index (χ1n) is 6.37. The van der Waals surface area contributed by atoms with E-state index in [1.807, 2.05) is 6.92 Å². The van der Waals surface area contributed by atoms with Crippen molar-refractivity contribution in [1.82, 2.24) is 4.72 Å². The molecule has 1 aliphatic carbocycles. The largest absolute Gasteiger partial charge is 0.396 e. The van der Waals surface area contributed by atoms with Crippen molar-refractivity contribution in [3.63, 3.8) is 0 Å². The van der Waals surface area contributed by atoms with Crippen LogP contribution in [0, 0.1) is 5.41 Å². The van der Waals surface area contributed by atoms with Crippen LogP contribution in [0.5, 0.6) is 0 Å². The van der Waals surface area contributed by atoms with Gasteiger partial charge in [0.1, 0.15) is 4.90 Å². The zero-order valence-electron chi connectivity index (χ0n) is 11.1. The monoisotopic (exact) mass is 381 g/mol. The Hall–Kier alpha value is -0.140. The topological polar surface area (TPSA) is 66.4 Å². The number of aliphatic hydroxyl groups is 1. The lowest BCUT2D eigenvalue weighted by Crippen LogP contribution is -2.44. The van der Waals surface area contributed by atoms with Crippen LogP contribution in [0.1, 0.15) is 26.2 Å². The normalized spacial score (nSPS) is 26.9. The Kier molecular flexibility index (Phi) is 4.81. The van der Waals surface area contributed by atoms with E-state index in [2.05, 4.69) is 20.7 Å².